The molecule has 0 aromatic carbocycles. The van der Waals surface area contributed by atoms with Crippen LogP contribution in [0.2, 0.25) is 0 Å². The molecule has 4 atom stereocenters. The molecule has 0 aliphatic carbocycles. The number of morpholine rings is 1. The molecule has 0 bridgehead atoms. The molecule has 154 valence electrons. The molecule has 4 heterocycles. The Kier molecular flexibility index (Phi) is 5.57. The molecule has 0 unspecified atom stereocenters. The Hall–Kier alpha value is -2.09. The van der Waals surface area contributed by atoms with E-state index < -0.39 is 31.1 Å². The van der Waals surface area contributed by atoms with E-state index in [0.717, 1.165) is 32.8 Å². The number of fused-ring (bicyclic) bond motifs is 1. The van der Waals surface area contributed by atoms with Crippen molar-refractivity contribution in [3.05, 3.63) is 6.33 Å². The van der Waals surface area contributed by atoms with Gasteiger partial charge in [-0.25, -0.2) is 4.98 Å². The average Bonchev–Trinajstić information content (AvgIpc) is 3.24. The third kappa shape index (κ3) is 3.62. The van der Waals surface area contributed by atoms with Crippen LogP contribution in [0.4, 0.5) is 11.8 Å². The Morgan fingerprint density at radius 1 is 1.21 bits per heavy atom. The maximum Gasteiger partial charge on any atom is 0.226 e. The molecule has 28 heavy (non-hydrogen) atoms. The Labute approximate surface area is 160 Å². The summed E-state index contributed by atoms with van der Waals surface area (Å²) in [6.07, 6.45) is -2.84. The molecule has 2 aliphatic rings. The molecule has 0 saturated carbocycles. The van der Waals surface area contributed by atoms with E-state index in [4.69, 9.17) is 15.2 Å². The predicted octanol–water partition coefficient (Wildman–Crippen LogP) is -2.24. The number of nitrogens with one attached hydrogen (secondary N) is 1. The van der Waals surface area contributed by atoms with Crippen molar-refractivity contribution in [3.63, 3.8) is 0 Å². The van der Waals surface area contributed by atoms with Crippen LogP contribution in [0, 0.1) is 0 Å². The zero-order valence-corrected chi connectivity index (χ0v) is 15.3. The lowest BCUT2D eigenvalue weighted by atomic mass is 10.1. The number of nitrogens with zero attached hydrogens (tertiary/aromatic N) is 5. The predicted molar refractivity (Wildman–Crippen MR) is 98.5 cm³/mol. The van der Waals surface area contributed by atoms with Gasteiger partial charge in [0.25, 0.3) is 0 Å². The van der Waals surface area contributed by atoms with Gasteiger partial charge in [-0.1, -0.05) is 0 Å². The molecule has 12 nitrogen and oxygen atoms in total. The van der Waals surface area contributed by atoms with Gasteiger partial charge in [0.05, 0.1) is 26.1 Å². The van der Waals surface area contributed by atoms with Crippen molar-refractivity contribution >= 4 is 22.9 Å². The summed E-state index contributed by atoms with van der Waals surface area (Å²) < 4.78 is 12.4. The SMILES string of the molecule is Nc1nc(NCCN2CCOCC2)nc2c1ncn2[C@@H]1O[C@H](CO)[C@@H](O)[C@H]1O. The smallest absolute Gasteiger partial charge is 0.226 e. The second-order valence-electron chi connectivity index (χ2n) is 6.87. The maximum absolute atomic E-state index is 10.3. The van der Waals surface area contributed by atoms with E-state index in [1.54, 1.807) is 0 Å². The molecule has 2 aromatic rings. The Morgan fingerprint density at radius 2 is 2.00 bits per heavy atom. The van der Waals surface area contributed by atoms with E-state index in [0.29, 0.717) is 23.7 Å². The highest BCUT2D eigenvalue weighted by Crippen LogP contribution is 2.32. The summed E-state index contributed by atoms with van der Waals surface area (Å²) in [6.45, 7) is 4.29. The number of ether oxygens (including phenoxy) is 2. The molecule has 2 fully saturated rings. The second-order valence-corrected chi connectivity index (χ2v) is 6.87. The van der Waals surface area contributed by atoms with Gasteiger partial charge in [0.2, 0.25) is 5.95 Å². The van der Waals surface area contributed by atoms with Crippen LogP contribution in [0.1, 0.15) is 6.23 Å². The molecule has 6 N–H and O–H groups in total. The minimum Gasteiger partial charge on any atom is -0.394 e. The van der Waals surface area contributed by atoms with Gasteiger partial charge < -0.3 is 35.8 Å². The third-order valence-corrected chi connectivity index (χ3v) is 5.05. The van der Waals surface area contributed by atoms with Crippen molar-refractivity contribution in [2.24, 2.45) is 0 Å². The van der Waals surface area contributed by atoms with Crippen molar-refractivity contribution in [2.75, 3.05) is 57.1 Å². The number of hydrogen-bond donors (Lipinski definition) is 5. The lowest BCUT2D eigenvalue weighted by Gasteiger charge is -2.26. The summed E-state index contributed by atoms with van der Waals surface area (Å²) in [5, 5.41) is 32.7. The first kappa shape index (κ1) is 19.2. The van der Waals surface area contributed by atoms with Crippen LogP contribution in [0.15, 0.2) is 6.33 Å². The fraction of sp³-hybridized carbons (Fsp3) is 0.688. The van der Waals surface area contributed by atoms with Crippen LogP contribution < -0.4 is 11.1 Å². The maximum atomic E-state index is 10.3. The van der Waals surface area contributed by atoms with Crippen LogP contribution >= 0.6 is 0 Å². The molecule has 0 amide bonds. The van der Waals surface area contributed by atoms with Crippen LogP contribution in [0.25, 0.3) is 11.2 Å². The Bertz CT molecular complexity index is 812. The van der Waals surface area contributed by atoms with Gasteiger partial charge >= 0.3 is 0 Å². The van der Waals surface area contributed by atoms with E-state index in [9.17, 15) is 15.3 Å². The number of hydrogen-bond acceptors (Lipinski definition) is 11. The minimum atomic E-state index is -1.23. The number of imidazole rings is 1. The van der Waals surface area contributed by atoms with E-state index in [1.165, 1.54) is 10.9 Å². The van der Waals surface area contributed by atoms with Gasteiger partial charge in [0.15, 0.2) is 17.7 Å². The fourth-order valence-corrected chi connectivity index (χ4v) is 3.46. The summed E-state index contributed by atoms with van der Waals surface area (Å²) in [7, 11) is 0. The molecule has 4 rings (SSSR count). The Balaban J connectivity index is 1.51. The number of anilines is 2. The van der Waals surface area contributed by atoms with Crippen molar-refractivity contribution in [3.8, 4) is 0 Å². The average molecular weight is 395 g/mol. The van der Waals surface area contributed by atoms with Crippen LogP contribution in [0.5, 0.6) is 0 Å². The highest BCUT2D eigenvalue weighted by Gasteiger charge is 2.44. The van der Waals surface area contributed by atoms with Crippen LogP contribution in [-0.2, 0) is 9.47 Å². The molecule has 0 spiro atoms. The number of aromatic nitrogens is 4. The van der Waals surface area contributed by atoms with Gasteiger partial charge in [0, 0.05) is 26.2 Å². The van der Waals surface area contributed by atoms with E-state index in [2.05, 4.69) is 25.2 Å². The molecular weight excluding hydrogens is 370 g/mol. The molecule has 2 aromatic heterocycles. The second kappa shape index (κ2) is 8.11. The van der Waals surface area contributed by atoms with Crippen LogP contribution in [-0.4, -0.2) is 104 Å². The topological polar surface area (TPSA) is 164 Å². The monoisotopic (exact) mass is 395 g/mol. The van der Waals surface area contributed by atoms with Gasteiger partial charge in [-0.3, -0.25) is 9.47 Å². The third-order valence-electron chi connectivity index (χ3n) is 5.05. The first-order chi connectivity index (χ1) is 13.6. The Morgan fingerprint density at radius 3 is 2.71 bits per heavy atom. The fourth-order valence-electron chi connectivity index (χ4n) is 3.46. The molecular formula is C16H25N7O5. The van der Waals surface area contributed by atoms with Crippen molar-refractivity contribution in [1.82, 2.24) is 24.4 Å². The van der Waals surface area contributed by atoms with E-state index in [1.807, 2.05) is 0 Å². The zero-order chi connectivity index (χ0) is 19.7. The quantitative estimate of drug-likeness (QED) is 0.359. The molecule has 0 radical (unpaired) electrons. The number of aliphatic hydroxyl groups excluding tert-OH is 3. The first-order valence-corrected chi connectivity index (χ1v) is 9.25. The summed E-state index contributed by atoms with van der Waals surface area (Å²) in [5.41, 5.74) is 6.76. The van der Waals surface area contributed by atoms with E-state index >= 15 is 0 Å². The van der Waals surface area contributed by atoms with Crippen molar-refractivity contribution < 1.29 is 24.8 Å². The lowest BCUT2D eigenvalue weighted by Crippen LogP contribution is -2.39. The lowest BCUT2D eigenvalue weighted by molar-refractivity contribution is -0.0511. The summed E-state index contributed by atoms with van der Waals surface area (Å²) >= 11 is 0. The minimum absolute atomic E-state index is 0.198. The molecule has 12 heteroatoms. The van der Waals surface area contributed by atoms with Gasteiger partial charge in [-0.2, -0.15) is 9.97 Å². The molecule has 2 aliphatic heterocycles. The van der Waals surface area contributed by atoms with Crippen molar-refractivity contribution in [1.29, 1.82) is 0 Å². The van der Waals surface area contributed by atoms with Gasteiger partial charge in [0.1, 0.15) is 23.8 Å². The standard InChI is InChI=1S/C16H25N7O5/c17-13-10-14(21-16(20-13)18-1-2-22-3-5-27-6-4-22)23(8-19-10)15-12(26)11(25)9(7-24)28-15/h8-9,11-12,15,24-26H,1-7H2,(H3,17,18,20,21)/t9-,11-,12-,15-/m1/s1. The van der Waals surface area contributed by atoms with E-state index in [-0.39, 0.29) is 5.82 Å². The highest BCUT2D eigenvalue weighted by atomic mass is 16.6. The normalized spacial score (nSPS) is 28.8. The summed E-state index contributed by atoms with van der Waals surface area (Å²) in [6, 6.07) is 0. The van der Waals surface area contributed by atoms with Crippen LogP contribution in [0.3, 0.4) is 0 Å². The summed E-state index contributed by atoms with van der Waals surface area (Å²) in [5.74, 6) is 0.538. The number of nitrogens with two attached hydrogens (primary N) is 1. The number of aliphatic hydroxyl groups is 3. The zero-order valence-electron chi connectivity index (χ0n) is 15.3. The van der Waals surface area contributed by atoms with Crippen molar-refractivity contribution in [2.45, 2.75) is 24.5 Å². The largest absolute Gasteiger partial charge is 0.394 e. The summed E-state index contributed by atoms with van der Waals surface area (Å²) in [4.78, 5) is 15.2. The molecule has 2 saturated heterocycles. The van der Waals surface area contributed by atoms with Gasteiger partial charge in [-0.05, 0) is 0 Å². The first-order valence-electron chi connectivity index (χ1n) is 9.25. The van der Waals surface area contributed by atoms with Gasteiger partial charge in [-0.15, -0.1) is 0 Å². The number of nitrogen functional groups attached to an aromatic ring is 1. The number of rotatable bonds is 6. The highest BCUT2D eigenvalue weighted by molar-refractivity contribution is 5.83.